The topological polar surface area (TPSA) is 93.1 Å². The molecular weight excluding hydrogens is 254 g/mol. The Morgan fingerprint density at radius 2 is 1.79 bits per heavy atom. The predicted octanol–water partition coefficient (Wildman–Crippen LogP) is 1.26. The molecule has 0 fully saturated rings. The van der Waals surface area contributed by atoms with Gasteiger partial charge in [0.05, 0.1) is 13.0 Å². The van der Waals surface area contributed by atoms with Crippen LogP contribution in [0.15, 0.2) is 0 Å². The summed E-state index contributed by atoms with van der Waals surface area (Å²) in [6.45, 7) is 6.46. The molecule has 19 heavy (non-hydrogen) atoms. The lowest BCUT2D eigenvalue weighted by Gasteiger charge is -2.26. The second-order valence-electron chi connectivity index (χ2n) is 4.85. The van der Waals surface area contributed by atoms with Crippen molar-refractivity contribution in [2.24, 2.45) is 0 Å². The van der Waals surface area contributed by atoms with Crippen LogP contribution in [0, 0.1) is 0 Å². The van der Waals surface area contributed by atoms with Gasteiger partial charge in [-0.15, -0.1) is 0 Å². The average Bonchev–Trinajstić information content (AvgIpc) is 2.21. The molecule has 0 unspecified atom stereocenters. The molecule has 1 N–H and O–H groups in total. The number of carbonyl (C=O) groups excluding carboxylic acids is 2. The fourth-order valence-electron chi connectivity index (χ4n) is 1.15. The predicted molar refractivity (Wildman–Crippen MR) is 66.7 cm³/mol. The Kier molecular flexibility index (Phi) is 6.89. The fraction of sp³-hybridized carbons (Fsp3) is 0.750. The van der Waals surface area contributed by atoms with Crippen LogP contribution in [0.3, 0.4) is 0 Å². The smallest absolute Gasteiger partial charge is 0.410 e. The fourth-order valence-corrected chi connectivity index (χ4v) is 1.15. The maximum absolute atomic E-state index is 11.8. The van der Waals surface area contributed by atoms with E-state index < -0.39 is 23.6 Å². The number of carboxylic acids is 1. The molecule has 0 aromatic rings. The summed E-state index contributed by atoms with van der Waals surface area (Å²) < 4.78 is 9.82. The van der Waals surface area contributed by atoms with E-state index in [1.807, 2.05) is 0 Å². The molecule has 0 aromatic heterocycles. The monoisotopic (exact) mass is 275 g/mol. The second-order valence-corrected chi connectivity index (χ2v) is 4.85. The molecule has 1 amide bonds. The molecule has 0 spiro atoms. The van der Waals surface area contributed by atoms with Crippen molar-refractivity contribution < 1.29 is 29.0 Å². The van der Waals surface area contributed by atoms with E-state index in [2.05, 4.69) is 0 Å². The highest BCUT2D eigenvalue weighted by atomic mass is 16.6. The van der Waals surface area contributed by atoms with Crippen LogP contribution in [-0.2, 0) is 19.1 Å². The third-order valence-electron chi connectivity index (χ3n) is 1.87. The van der Waals surface area contributed by atoms with Crippen molar-refractivity contribution in [3.05, 3.63) is 0 Å². The number of carbonyl (C=O) groups is 3. The van der Waals surface area contributed by atoms with Crippen molar-refractivity contribution >= 4 is 18.0 Å². The lowest BCUT2D eigenvalue weighted by atomic mass is 10.2. The molecule has 0 aliphatic rings. The average molecular weight is 275 g/mol. The summed E-state index contributed by atoms with van der Waals surface area (Å²) in [5.74, 6) is -1.66. The highest BCUT2D eigenvalue weighted by Gasteiger charge is 2.24. The largest absolute Gasteiger partial charge is 0.481 e. The molecule has 0 heterocycles. The molecule has 0 saturated heterocycles. The maximum atomic E-state index is 11.8. The van der Waals surface area contributed by atoms with E-state index >= 15 is 0 Å². The number of aliphatic carboxylic acids is 1. The van der Waals surface area contributed by atoms with Crippen molar-refractivity contribution in [3.8, 4) is 0 Å². The number of amides is 1. The van der Waals surface area contributed by atoms with Crippen LogP contribution < -0.4 is 0 Å². The van der Waals surface area contributed by atoms with E-state index in [9.17, 15) is 14.4 Å². The zero-order valence-corrected chi connectivity index (χ0v) is 11.8. The minimum atomic E-state index is -1.06. The van der Waals surface area contributed by atoms with Gasteiger partial charge in [-0.2, -0.15) is 0 Å². The summed E-state index contributed by atoms with van der Waals surface area (Å²) in [6, 6.07) is 0. The molecule has 7 nitrogen and oxygen atoms in total. The molecule has 0 aliphatic heterocycles. The first kappa shape index (κ1) is 17.2. The molecule has 0 rings (SSSR count). The van der Waals surface area contributed by atoms with E-state index in [4.69, 9.17) is 14.6 Å². The molecule has 0 radical (unpaired) electrons. The van der Waals surface area contributed by atoms with Gasteiger partial charge in [0.2, 0.25) is 0 Å². The van der Waals surface area contributed by atoms with E-state index in [0.29, 0.717) is 0 Å². The van der Waals surface area contributed by atoms with E-state index in [1.54, 1.807) is 27.7 Å². The Morgan fingerprint density at radius 1 is 1.21 bits per heavy atom. The van der Waals surface area contributed by atoms with Crippen LogP contribution in [0.1, 0.15) is 34.1 Å². The molecule has 0 aliphatic carbocycles. The summed E-state index contributed by atoms with van der Waals surface area (Å²) in [5, 5.41) is 8.62. The summed E-state index contributed by atoms with van der Waals surface area (Å²) in [5.41, 5.74) is -0.715. The first-order valence-corrected chi connectivity index (χ1v) is 6.01. The van der Waals surface area contributed by atoms with Gasteiger partial charge in [-0.25, -0.2) is 4.79 Å². The molecule has 0 aromatic carbocycles. The first-order valence-electron chi connectivity index (χ1n) is 6.01. The van der Waals surface area contributed by atoms with E-state index in [-0.39, 0.29) is 26.1 Å². The molecular formula is C12H21NO6. The minimum Gasteiger partial charge on any atom is -0.481 e. The van der Waals surface area contributed by atoms with E-state index in [0.717, 1.165) is 4.90 Å². The van der Waals surface area contributed by atoms with Crippen LogP contribution in [0.5, 0.6) is 0 Å². The molecule has 110 valence electrons. The number of carboxylic acid groups (broad SMARTS) is 1. The third kappa shape index (κ3) is 8.87. The number of ether oxygens (including phenoxy) is 2. The highest BCUT2D eigenvalue weighted by Crippen LogP contribution is 2.10. The van der Waals surface area contributed by atoms with Gasteiger partial charge < -0.3 is 14.6 Å². The molecule has 0 atom stereocenters. The third-order valence-corrected chi connectivity index (χ3v) is 1.87. The quantitative estimate of drug-likeness (QED) is 0.733. The summed E-state index contributed by atoms with van der Waals surface area (Å²) in [6.07, 6.45) is -1.000. The van der Waals surface area contributed by atoms with Gasteiger partial charge in [-0.1, -0.05) is 0 Å². The number of hydrogen-bond acceptors (Lipinski definition) is 5. The lowest BCUT2D eigenvalue weighted by molar-refractivity contribution is -0.145. The Morgan fingerprint density at radius 3 is 2.21 bits per heavy atom. The van der Waals surface area contributed by atoms with Crippen molar-refractivity contribution in [2.75, 3.05) is 19.7 Å². The molecule has 7 heteroatoms. The van der Waals surface area contributed by atoms with Crippen molar-refractivity contribution in [1.29, 1.82) is 0 Å². The minimum absolute atomic E-state index is 0.108. The number of hydrogen-bond donors (Lipinski definition) is 1. The molecule has 0 bridgehead atoms. The Labute approximate surface area is 112 Å². The summed E-state index contributed by atoms with van der Waals surface area (Å²) in [4.78, 5) is 34.7. The van der Waals surface area contributed by atoms with Gasteiger partial charge >= 0.3 is 18.0 Å². The van der Waals surface area contributed by atoms with Crippen LogP contribution in [0.4, 0.5) is 4.79 Å². The van der Waals surface area contributed by atoms with Gasteiger partial charge in [-0.05, 0) is 27.7 Å². The van der Waals surface area contributed by atoms with Gasteiger partial charge in [0.25, 0.3) is 0 Å². The van der Waals surface area contributed by atoms with Crippen molar-refractivity contribution in [3.63, 3.8) is 0 Å². The van der Waals surface area contributed by atoms with Gasteiger partial charge in [0.15, 0.2) is 0 Å². The van der Waals surface area contributed by atoms with Gasteiger partial charge in [-0.3, -0.25) is 14.5 Å². The zero-order valence-electron chi connectivity index (χ0n) is 11.8. The zero-order chi connectivity index (χ0) is 15.1. The van der Waals surface area contributed by atoms with E-state index in [1.165, 1.54) is 0 Å². The van der Waals surface area contributed by atoms with Crippen LogP contribution in [-0.4, -0.2) is 53.3 Å². The molecule has 0 saturated carbocycles. The van der Waals surface area contributed by atoms with Crippen LogP contribution in [0.25, 0.3) is 0 Å². The maximum Gasteiger partial charge on any atom is 0.410 e. The Bertz CT molecular complexity index is 334. The van der Waals surface area contributed by atoms with Gasteiger partial charge in [0.1, 0.15) is 12.1 Å². The first-order chi connectivity index (χ1) is 8.65. The Balaban J connectivity index is 4.60. The lowest BCUT2D eigenvalue weighted by Crippen LogP contribution is -2.41. The number of nitrogens with zero attached hydrogens (tertiary/aromatic N) is 1. The highest BCUT2D eigenvalue weighted by molar-refractivity contribution is 5.78. The van der Waals surface area contributed by atoms with Gasteiger partial charge in [0, 0.05) is 6.54 Å². The van der Waals surface area contributed by atoms with Crippen molar-refractivity contribution in [2.45, 2.75) is 39.7 Å². The number of esters is 1. The van der Waals surface area contributed by atoms with Crippen molar-refractivity contribution in [1.82, 2.24) is 4.90 Å². The van der Waals surface area contributed by atoms with Crippen LogP contribution >= 0.6 is 0 Å². The standard InChI is InChI=1S/C12H21NO6/c1-5-18-10(16)8-13(7-6-9(14)15)11(17)19-12(2,3)4/h5-8H2,1-4H3,(H,14,15). The second kappa shape index (κ2) is 7.60. The van der Waals surface area contributed by atoms with Crippen LogP contribution in [0.2, 0.25) is 0 Å². The normalized spacial score (nSPS) is 10.7. The SMILES string of the molecule is CCOC(=O)CN(CCC(=O)O)C(=O)OC(C)(C)C. The Hall–Kier alpha value is -1.79. The summed E-state index contributed by atoms with van der Waals surface area (Å²) in [7, 11) is 0. The number of rotatable bonds is 6. The summed E-state index contributed by atoms with van der Waals surface area (Å²) >= 11 is 0.